The molecule has 0 spiro atoms. The summed E-state index contributed by atoms with van der Waals surface area (Å²) in [4.78, 5) is 20.7. The zero-order chi connectivity index (χ0) is 13.9. The molecule has 0 N–H and O–H groups in total. The van der Waals surface area contributed by atoms with E-state index in [0.29, 0.717) is 6.07 Å². The van der Waals surface area contributed by atoms with E-state index in [9.17, 15) is 28.1 Å². The fourth-order valence-electron chi connectivity index (χ4n) is 1.14. The highest BCUT2D eigenvalue weighted by Gasteiger charge is 2.36. The van der Waals surface area contributed by atoms with Crippen molar-refractivity contribution in [3.05, 3.63) is 21.9 Å². The van der Waals surface area contributed by atoms with Crippen molar-refractivity contribution in [3.63, 3.8) is 0 Å². The van der Waals surface area contributed by atoms with E-state index in [2.05, 4.69) is 9.84 Å². The molecule has 0 fully saturated rings. The Kier molecular flexibility index (Phi) is 3.89. The molecule has 1 aromatic rings. The third kappa shape index (κ3) is 3.43. The van der Waals surface area contributed by atoms with Crippen molar-refractivity contribution in [2.75, 3.05) is 6.61 Å². The maximum absolute atomic E-state index is 12.1. The van der Waals surface area contributed by atoms with Gasteiger partial charge in [0.2, 0.25) is 6.54 Å². The van der Waals surface area contributed by atoms with E-state index in [1.54, 1.807) is 0 Å². The molecule has 0 aliphatic carbocycles. The van der Waals surface area contributed by atoms with Crippen LogP contribution in [-0.2, 0) is 11.3 Å². The summed E-state index contributed by atoms with van der Waals surface area (Å²) in [5.74, 6) is -1.93. The highest BCUT2D eigenvalue weighted by Crippen LogP contribution is 2.22. The van der Waals surface area contributed by atoms with Crippen LogP contribution >= 0.6 is 0 Å². The van der Waals surface area contributed by atoms with E-state index in [1.807, 2.05) is 0 Å². The molecule has 1 rings (SSSR count). The Balaban J connectivity index is 3.09. The molecule has 100 valence electrons. The molecule has 0 unspecified atom stereocenters. The minimum atomic E-state index is -4.68. The Labute approximate surface area is 98.3 Å². The first-order valence-electron chi connectivity index (χ1n) is 4.70. The highest BCUT2D eigenvalue weighted by atomic mass is 19.4. The lowest BCUT2D eigenvalue weighted by molar-refractivity contribution is -0.393. The Bertz CT molecular complexity index is 469. The number of alkyl halides is 3. The van der Waals surface area contributed by atoms with E-state index in [-0.39, 0.29) is 11.3 Å². The Morgan fingerprint density at radius 1 is 1.61 bits per heavy atom. The van der Waals surface area contributed by atoms with Crippen LogP contribution in [0.2, 0.25) is 0 Å². The molecule has 0 aromatic carbocycles. The minimum Gasteiger partial charge on any atom is -0.461 e. The van der Waals surface area contributed by atoms with Crippen molar-refractivity contribution in [3.8, 4) is 0 Å². The van der Waals surface area contributed by atoms with E-state index in [4.69, 9.17) is 0 Å². The molecule has 10 heteroatoms. The van der Waals surface area contributed by atoms with Gasteiger partial charge in [-0.25, -0.2) is 4.79 Å². The van der Waals surface area contributed by atoms with Crippen molar-refractivity contribution in [1.82, 2.24) is 9.78 Å². The van der Waals surface area contributed by atoms with Gasteiger partial charge in [-0.3, -0.25) is 0 Å². The normalized spacial score (nSPS) is 11.3. The van der Waals surface area contributed by atoms with Crippen LogP contribution in [0.1, 0.15) is 17.4 Å². The van der Waals surface area contributed by atoms with Crippen LogP contribution in [-0.4, -0.2) is 33.5 Å². The van der Waals surface area contributed by atoms with E-state index >= 15 is 0 Å². The molecule has 0 atom stereocenters. The van der Waals surface area contributed by atoms with Crippen molar-refractivity contribution in [2.24, 2.45) is 0 Å². The number of halogens is 3. The van der Waals surface area contributed by atoms with Crippen LogP contribution in [0.4, 0.5) is 19.0 Å². The first-order valence-corrected chi connectivity index (χ1v) is 4.70. The number of nitrogens with zero attached hydrogens (tertiary/aromatic N) is 3. The van der Waals surface area contributed by atoms with Gasteiger partial charge in [-0.05, 0) is 11.8 Å². The number of rotatable bonds is 4. The lowest BCUT2D eigenvalue weighted by Crippen LogP contribution is -2.20. The SMILES string of the molecule is CCOC(=O)c1cc([N+](=O)[O-])n(CC(F)(F)F)n1. The number of esters is 1. The fraction of sp³-hybridized carbons (Fsp3) is 0.500. The van der Waals surface area contributed by atoms with E-state index in [0.717, 1.165) is 0 Å². The molecule has 0 bridgehead atoms. The van der Waals surface area contributed by atoms with Gasteiger partial charge in [-0.1, -0.05) is 5.10 Å². The molecule has 0 saturated carbocycles. The lowest BCUT2D eigenvalue weighted by atomic mass is 10.4. The minimum absolute atomic E-state index is 0.0151. The van der Waals surface area contributed by atoms with Gasteiger partial charge in [-0.2, -0.15) is 13.2 Å². The summed E-state index contributed by atoms with van der Waals surface area (Å²) in [5.41, 5.74) is -0.534. The topological polar surface area (TPSA) is 87.3 Å². The van der Waals surface area contributed by atoms with Crippen molar-refractivity contribution < 1.29 is 27.6 Å². The number of aromatic nitrogens is 2. The van der Waals surface area contributed by atoms with Gasteiger partial charge in [0.25, 0.3) is 0 Å². The highest BCUT2D eigenvalue weighted by molar-refractivity contribution is 5.87. The van der Waals surface area contributed by atoms with Crippen molar-refractivity contribution >= 4 is 11.8 Å². The summed E-state index contributed by atoms with van der Waals surface area (Å²) >= 11 is 0. The van der Waals surface area contributed by atoms with E-state index in [1.165, 1.54) is 6.92 Å². The van der Waals surface area contributed by atoms with Crippen LogP contribution in [0, 0.1) is 10.1 Å². The second kappa shape index (κ2) is 5.02. The number of carbonyl (C=O) groups is 1. The lowest BCUT2D eigenvalue weighted by Gasteiger charge is -2.02. The summed E-state index contributed by atoms with van der Waals surface area (Å²) in [6.45, 7) is -0.180. The molecular weight excluding hydrogens is 259 g/mol. The number of carbonyl (C=O) groups excluding carboxylic acids is 1. The molecule has 1 heterocycles. The van der Waals surface area contributed by atoms with Gasteiger partial charge >= 0.3 is 18.0 Å². The van der Waals surface area contributed by atoms with Gasteiger partial charge in [-0.15, -0.1) is 4.68 Å². The zero-order valence-corrected chi connectivity index (χ0v) is 9.10. The second-order valence-corrected chi connectivity index (χ2v) is 3.14. The van der Waals surface area contributed by atoms with Crippen molar-refractivity contribution in [1.29, 1.82) is 0 Å². The summed E-state index contributed by atoms with van der Waals surface area (Å²) in [7, 11) is 0. The Morgan fingerprint density at radius 3 is 2.67 bits per heavy atom. The maximum atomic E-state index is 12.1. The second-order valence-electron chi connectivity index (χ2n) is 3.14. The van der Waals surface area contributed by atoms with Gasteiger partial charge in [0, 0.05) is 0 Å². The van der Waals surface area contributed by atoms with Crippen molar-refractivity contribution in [2.45, 2.75) is 19.6 Å². The molecule has 7 nitrogen and oxygen atoms in total. The largest absolute Gasteiger partial charge is 0.461 e. The number of hydrogen-bond acceptors (Lipinski definition) is 5. The predicted molar refractivity (Wildman–Crippen MR) is 50.9 cm³/mol. The zero-order valence-electron chi connectivity index (χ0n) is 9.10. The Morgan fingerprint density at radius 2 is 2.22 bits per heavy atom. The number of ether oxygens (including phenoxy) is 1. The monoisotopic (exact) mass is 267 g/mol. The van der Waals surface area contributed by atoms with Crippen LogP contribution in [0.15, 0.2) is 6.07 Å². The number of nitro groups is 1. The summed E-state index contributed by atoms with van der Waals surface area (Å²) in [6.07, 6.45) is -4.68. The standard InChI is InChI=1S/C8H8F3N3O4/c1-2-18-7(15)5-3-6(14(16)17)13(12-5)4-8(9,10)11/h3H,2,4H2,1H3. The molecule has 0 radical (unpaired) electrons. The molecule has 18 heavy (non-hydrogen) atoms. The quantitative estimate of drug-likeness (QED) is 0.469. The summed E-state index contributed by atoms with van der Waals surface area (Å²) < 4.78 is 41.0. The van der Waals surface area contributed by atoms with Gasteiger partial charge in [0.05, 0.1) is 12.7 Å². The maximum Gasteiger partial charge on any atom is 0.428 e. The molecule has 0 amide bonds. The first-order chi connectivity index (χ1) is 8.24. The van der Waals surface area contributed by atoms with Gasteiger partial charge < -0.3 is 14.9 Å². The summed E-state index contributed by atoms with van der Waals surface area (Å²) in [6, 6.07) is 0.643. The molecule has 0 saturated heterocycles. The van der Waals surface area contributed by atoms with Crippen LogP contribution < -0.4 is 0 Å². The molecule has 0 aliphatic heterocycles. The van der Waals surface area contributed by atoms with Crippen LogP contribution in [0.3, 0.4) is 0 Å². The first kappa shape index (κ1) is 13.9. The number of hydrogen-bond donors (Lipinski definition) is 0. The van der Waals surface area contributed by atoms with E-state index < -0.39 is 35.1 Å². The van der Waals surface area contributed by atoms with Crippen LogP contribution in [0.5, 0.6) is 0 Å². The molecule has 0 aliphatic rings. The van der Waals surface area contributed by atoms with Gasteiger partial charge in [0.15, 0.2) is 5.69 Å². The average Bonchev–Trinajstić information content (AvgIpc) is 2.59. The smallest absolute Gasteiger partial charge is 0.428 e. The average molecular weight is 267 g/mol. The third-order valence-electron chi connectivity index (χ3n) is 1.76. The predicted octanol–water partition coefficient (Wildman–Crippen LogP) is 1.53. The summed E-state index contributed by atoms with van der Waals surface area (Å²) in [5, 5.41) is 13.7. The van der Waals surface area contributed by atoms with Crippen LogP contribution in [0.25, 0.3) is 0 Å². The molecular formula is C8H8F3N3O4. The Hall–Kier alpha value is -2.13. The van der Waals surface area contributed by atoms with Gasteiger partial charge in [0.1, 0.15) is 0 Å². The molecule has 1 aromatic heterocycles. The third-order valence-corrected chi connectivity index (χ3v) is 1.76. The fourth-order valence-corrected chi connectivity index (χ4v) is 1.14.